The third-order valence-corrected chi connectivity index (χ3v) is 5.14. The summed E-state index contributed by atoms with van der Waals surface area (Å²) >= 11 is 0. The van der Waals surface area contributed by atoms with Crippen molar-refractivity contribution in [2.75, 3.05) is 18.5 Å². The van der Waals surface area contributed by atoms with Gasteiger partial charge in [0.1, 0.15) is 5.82 Å². The molecule has 0 saturated carbocycles. The van der Waals surface area contributed by atoms with Gasteiger partial charge >= 0.3 is 0 Å². The maximum atomic E-state index is 5.45. The lowest BCUT2D eigenvalue weighted by atomic mass is 9.96. The summed E-state index contributed by atoms with van der Waals surface area (Å²) in [6.07, 6.45) is 4.84. The van der Waals surface area contributed by atoms with Gasteiger partial charge in [-0.05, 0) is 43.9 Å². The van der Waals surface area contributed by atoms with Gasteiger partial charge in [0.2, 0.25) is 5.95 Å². The lowest BCUT2D eigenvalue weighted by molar-refractivity contribution is 0.0658. The first kappa shape index (κ1) is 16.2. The Morgan fingerprint density at radius 2 is 2.15 bits per heavy atom. The van der Waals surface area contributed by atoms with E-state index in [-0.39, 0.29) is 0 Å². The van der Waals surface area contributed by atoms with Crippen molar-refractivity contribution in [3.8, 4) is 0 Å². The van der Waals surface area contributed by atoms with Gasteiger partial charge < -0.3 is 10.1 Å². The summed E-state index contributed by atoms with van der Waals surface area (Å²) in [6, 6.07) is 7.93. The molecule has 138 valence electrons. The van der Waals surface area contributed by atoms with Crippen molar-refractivity contribution in [1.29, 1.82) is 0 Å². The highest BCUT2D eigenvalue weighted by Crippen LogP contribution is 2.23. The van der Waals surface area contributed by atoms with Crippen molar-refractivity contribution in [2.24, 2.45) is 5.92 Å². The number of nitrogens with one attached hydrogen (secondary N) is 2. The number of aromatic nitrogens is 6. The zero-order valence-corrected chi connectivity index (χ0v) is 15.1. The van der Waals surface area contributed by atoms with E-state index in [2.05, 4.69) is 30.6 Å². The number of nitrogens with zero attached hydrogens (tertiary/aromatic N) is 5. The maximum absolute atomic E-state index is 5.45. The molecule has 5 rings (SSSR count). The molecule has 1 aliphatic heterocycles. The minimum atomic E-state index is 0.558. The van der Waals surface area contributed by atoms with Crippen molar-refractivity contribution < 1.29 is 4.74 Å². The lowest BCUT2D eigenvalue weighted by Crippen LogP contribution is -2.19. The standard InChI is InChI=1S/C19H21N7O/c1-12-15-3-2-14(11-16(15)24-23-12)21-19-22-17-4-7-20-18(26(17)25-19)10-13-5-8-27-9-6-13/h2-4,7,11,13H,5-6,8-10H2,1H3,(H,21,25)(H,23,24). The number of H-pyrrole nitrogens is 1. The molecule has 8 heteroatoms. The van der Waals surface area contributed by atoms with Crippen LogP contribution in [0.3, 0.4) is 0 Å². The third-order valence-electron chi connectivity index (χ3n) is 5.14. The smallest absolute Gasteiger partial charge is 0.247 e. The predicted octanol–water partition coefficient (Wildman–Crippen LogP) is 3.02. The van der Waals surface area contributed by atoms with Gasteiger partial charge in [0.15, 0.2) is 5.65 Å². The molecular weight excluding hydrogens is 342 g/mol. The molecule has 0 atom stereocenters. The minimum absolute atomic E-state index is 0.558. The number of benzene rings is 1. The molecule has 1 fully saturated rings. The Balaban J connectivity index is 1.42. The average molecular weight is 363 g/mol. The van der Waals surface area contributed by atoms with Gasteiger partial charge in [0.05, 0.1) is 5.52 Å². The van der Waals surface area contributed by atoms with Gasteiger partial charge in [-0.15, -0.1) is 5.10 Å². The van der Waals surface area contributed by atoms with E-state index in [4.69, 9.17) is 4.74 Å². The normalized spacial score (nSPS) is 15.6. The van der Waals surface area contributed by atoms with E-state index in [0.717, 1.165) is 66.2 Å². The maximum Gasteiger partial charge on any atom is 0.247 e. The second-order valence-corrected chi connectivity index (χ2v) is 7.03. The van der Waals surface area contributed by atoms with Gasteiger partial charge in [0.25, 0.3) is 0 Å². The molecular formula is C19H21N7O. The van der Waals surface area contributed by atoms with Crippen LogP contribution in [-0.2, 0) is 11.2 Å². The van der Waals surface area contributed by atoms with E-state index >= 15 is 0 Å². The minimum Gasteiger partial charge on any atom is -0.381 e. The Kier molecular flexibility index (Phi) is 3.97. The number of hydrogen-bond donors (Lipinski definition) is 2. The van der Waals surface area contributed by atoms with Crippen LogP contribution >= 0.6 is 0 Å². The fraction of sp³-hybridized carbons (Fsp3) is 0.368. The molecule has 0 unspecified atom stereocenters. The summed E-state index contributed by atoms with van der Waals surface area (Å²) in [7, 11) is 0. The van der Waals surface area contributed by atoms with E-state index in [0.29, 0.717) is 11.9 Å². The number of anilines is 2. The monoisotopic (exact) mass is 363 g/mol. The van der Waals surface area contributed by atoms with Gasteiger partial charge in [-0.2, -0.15) is 14.6 Å². The molecule has 0 aliphatic carbocycles. The molecule has 4 aromatic rings. The molecule has 4 heterocycles. The zero-order chi connectivity index (χ0) is 18.2. The molecule has 2 N–H and O–H groups in total. The molecule has 0 radical (unpaired) electrons. The van der Waals surface area contributed by atoms with Crippen molar-refractivity contribution >= 4 is 28.2 Å². The Labute approximate surface area is 156 Å². The second kappa shape index (κ2) is 6.62. The highest BCUT2D eigenvalue weighted by molar-refractivity contribution is 5.84. The summed E-state index contributed by atoms with van der Waals surface area (Å²) in [4.78, 5) is 9.14. The Hall–Kier alpha value is -3.00. The summed E-state index contributed by atoms with van der Waals surface area (Å²) < 4.78 is 7.30. The summed E-state index contributed by atoms with van der Waals surface area (Å²) in [6.45, 7) is 3.68. The molecule has 0 bridgehead atoms. The fourth-order valence-corrected chi connectivity index (χ4v) is 3.62. The molecule has 1 saturated heterocycles. The zero-order valence-electron chi connectivity index (χ0n) is 15.1. The number of ether oxygens (including phenoxy) is 1. The van der Waals surface area contributed by atoms with E-state index in [1.807, 2.05) is 35.7 Å². The van der Waals surface area contributed by atoms with Crippen LogP contribution in [0.25, 0.3) is 16.6 Å². The second-order valence-electron chi connectivity index (χ2n) is 7.03. The van der Waals surface area contributed by atoms with Gasteiger partial charge in [-0.1, -0.05) is 0 Å². The topological polar surface area (TPSA) is 93.0 Å². The number of fused-ring (bicyclic) bond motifs is 2. The molecule has 8 nitrogen and oxygen atoms in total. The van der Waals surface area contributed by atoms with Crippen molar-refractivity contribution in [3.63, 3.8) is 0 Å². The molecule has 0 spiro atoms. The van der Waals surface area contributed by atoms with Crippen molar-refractivity contribution in [1.82, 2.24) is 29.8 Å². The Bertz CT molecular complexity index is 1090. The molecule has 1 aromatic carbocycles. The fourth-order valence-electron chi connectivity index (χ4n) is 3.62. The molecule has 3 aromatic heterocycles. The quantitative estimate of drug-likeness (QED) is 0.579. The SMILES string of the molecule is Cc1[nH]nc2cc(Nc3nc4ccnc(CC5CCOCC5)n4n3)ccc12. The summed E-state index contributed by atoms with van der Waals surface area (Å²) in [5.41, 5.74) is 3.68. The Morgan fingerprint density at radius 3 is 3.04 bits per heavy atom. The number of aryl methyl sites for hydroxylation is 1. The van der Waals surface area contributed by atoms with Crippen LogP contribution in [0.1, 0.15) is 24.4 Å². The van der Waals surface area contributed by atoms with Crippen LogP contribution in [0.15, 0.2) is 30.5 Å². The van der Waals surface area contributed by atoms with E-state index in [1.165, 1.54) is 0 Å². The van der Waals surface area contributed by atoms with Crippen LogP contribution in [0.5, 0.6) is 0 Å². The van der Waals surface area contributed by atoms with Gasteiger partial charge in [-0.3, -0.25) is 5.10 Å². The largest absolute Gasteiger partial charge is 0.381 e. The molecule has 0 amide bonds. The first-order valence-electron chi connectivity index (χ1n) is 9.26. The third kappa shape index (κ3) is 3.12. The van der Waals surface area contributed by atoms with Crippen LogP contribution < -0.4 is 5.32 Å². The van der Waals surface area contributed by atoms with Crippen LogP contribution in [0.2, 0.25) is 0 Å². The van der Waals surface area contributed by atoms with Crippen LogP contribution in [-0.4, -0.2) is 43.0 Å². The van der Waals surface area contributed by atoms with E-state index in [1.54, 1.807) is 6.20 Å². The summed E-state index contributed by atoms with van der Waals surface area (Å²) in [5, 5.41) is 16.3. The number of rotatable bonds is 4. The van der Waals surface area contributed by atoms with E-state index in [9.17, 15) is 0 Å². The Morgan fingerprint density at radius 1 is 1.26 bits per heavy atom. The average Bonchev–Trinajstić information content (AvgIpc) is 3.26. The highest BCUT2D eigenvalue weighted by atomic mass is 16.5. The first-order valence-corrected chi connectivity index (χ1v) is 9.26. The summed E-state index contributed by atoms with van der Waals surface area (Å²) in [5.74, 6) is 2.09. The predicted molar refractivity (Wildman–Crippen MR) is 102 cm³/mol. The number of aromatic amines is 1. The molecule has 27 heavy (non-hydrogen) atoms. The van der Waals surface area contributed by atoms with Gasteiger partial charge in [0, 0.05) is 48.7 Å². The van der Waals surface area contributed by atoms with E-state index < -0.39 is 0 Å². The van der Waals surface area contributed by atoms with Crippen molar-refractivity contribution in [2.45, 2.75) is 26.2 Å². The number of hydrogen-bond acceptors (Lipinski definition) is 6. The van der Waals surface area contributed by atoms with Crippen molar-refractivity contribution in [3.05, 3.63) is 42.0 Å². The molecule has 1 aliphatic rings. The van der Waals surface area contributed by atoms with Crippen LogP contribution in [0, 0.1) is 12.8 Å². The van der Waals surface area contributed by atoms with Crippen LogP contribution in [0.4, 0.5) is 11.6 Å². The lowest BCUT2D eigenvalue weighted by Gasteiger charge is -2.21. The first-order chi connectivity index (χ1) is 13.3. The van der Waals surface area contributed by atoms with Gasteiger partial charge in [-0.25, -0.2) is 4.98 Å². The highest BCUT2D eigenvalue weighted by Gasteiger charge is 2.18.